The molecular weight excluding hydrogens is 426 g/mol. The number of carbonyl (C=O) groups excluding carboxylic acids is 1. The standard InChI is InChI=1S/C27H27N5O2/c1-5-24-28-13-11-23(32-24)22-10-7-12-29-27(22)34-25-16-20(14-18(4)30-25)26(33)31-21-9-6-8-19(15-21)17(2)3/h6-17H,5H2,1-4H3,(H,31,33). The van der Waals surface area contributed by atoms with Gasteiger partial charge in [-0.05, 0) is 54.8 Å². The van der Waals surface area contributed by atoms with E-state index < -0.39 is 0 Å². The Balaban J connectivity index is 1.60. The second-order valence-electron chi connectivity index (χ2n) is 8.24. The van der Waals surface area contributed by atoms with E-state index in [2.05, 4.69) is 45.2 Å². The van der Waals surface area contributed by atoms with E-state index in [-0.39, 0.29) is 11.8 Å². The van der Waals surface area contributed by atoms with Crippen LogP contribution in [0.15, 0.2) is 67.0 Å². The molecule has 3 heterocycles. The smallest absolute Gasteiger partial charge is 0.255 e. The Morgan fingerprint density at radius 1 is 1.00 bits per heavy atom. The van der Waals surface area contributed by atoms with E-state index in [9.17, 15) is 4.79 Å². The zero-order valence-corrected chi connectivity index (χ0v) is 19.7. The lowest BCUT2D eigenvalue weighted by molar-refractivity contribution is 0.102. The lowest BCUT2D eigenvalue weighted by Gasteiger charge is -2.12. The zero-order chi connectivity index (χ0) is 24.1. The predicted molar refractivity (Wildman–Crippen MR) is 132 cm³/mol. The number of anilines is 1. The molecule has 0 bridgehead atoms. The molecule has 0 fully saturated rings. The summed E-state index contributed by atoms with van der Waals surface area (Å²) in [6.45, 7) is 8.06. The number of aromatic nitrogens is 4. The Morgan fingerprint density at radius 2 is 1.85 bits per heavy atom. The Bertz CT molecular complexity index is 1320. The van der Waals surface area contributed by atoms with E-state index in [0.29, 0.717) is 28.7 Å². The molecule has 0 aliphatic carbocycles. The normalized spacial score (nSPS) is 10.9. The second kappa shape index (κ2) is 10.2. The van der Waals surface area contributed by atoms with Gasteiger partial charge in [0, 0.05) is 41.8 Å². The highest BCUT2D eigenvalue weighted by Gasteiger charge is 2.15. The summed E-state index contributed by atoms with van der Waals surface area (Å²) in [5.74, 6) is 1.52. The summed E-state index contributed by atoms with van der Waals surface area (Å²) in [5.41, 5.74) is 4.45. The maximum atomic E-state index is 13.0. The summed E-state index contributed by atoms with van der Waals surface area (Å²) in [7, 11) is 0. The monoisotopic (exact) mass is 453 g/mol. The molecule has 0 spiro atoms. The lowest BCUT2D eigenvalue weighted by Crippen LogP contribution is -2.13. The van der Waals surface area contributed by atoms with Gasteiger partial charge >= 0.3 is 0 Å². The molecule has 0 aliphatic heterocycles. The summed E-state index contributed by atoms with van der Waals surface area (Å²) in [4.78, 5) is 30.7. The molecule has 0 unspecified atom stereocenters. The van der Waals surface area contributed by atoms with Crippen LogP contribution < -0.4 is 10.1 Å². The van der Waals surface area contributed by atoms with Crippen molar-refractivity contribution in [3.8, 4) is 23.0 Å². The third-order valence-corrected chi connectivity index (χ3v) is 5.27. The van der Waals surface area contributed by atoms with Crippen molar-refractivity contribution in [2.75, 3.05) is 5.32 Å². The van der Waals surface area contributed by atoms with Gasteiger partial charge in [-0.25, -0.2) is 19.9 Å². The van der Waals surface area contributed by atoms with Crippen LogP contribution in [-0.2, 0) is 6.42 Å². The minimum absolute atomic E-state index is 0.235. The summed E-state index contributed by atoms with van der Waals surface area (Å²) in [6.07, 6.45) is 4.09. The van der Waals surface area contributed by atoms with E-state index >= 15 is 0 Å². The van der Waals surface area contributed by atoms with Crippen molar-refractivity contribution >= 4 is 11.6 Å². The number of aryl methyl sites for hydroxylation is 2. The molecule has 0 radical (unpaired) electrons. The molecule has 4 rings (SSSR count). The molecule has 7 heteroatoms. The van der Waals surface area contributed by atoms with Crippen molar-refractivity contribution in [1.82, 2.24) is 19.9 Å². The SMILES string of the molecule is CCc1nccc(-c2cccnc2Oc2cc(C(=O)Nc3cccc(C(C)C)c3)cc(C)n2)n1. The average molecular weight is 454 g/mol. The molecule has 0 aliphatic rings. The highest BCUT2D eigenvalue weighted by Crippen LogP contribution is 2.30. The van der Waals surface area contributed by atoms with Gasteiger partial charge in [0.1, 0.15) is 5.82 Å². The number of rotatable bonds is 7. The Morgan fingerprint density at radius 3 is 2.65 bits per heavy atom. The average Bonchev–Trinajstić information content (AvgIpc) is 2.84. The van der Waals surface area contributed by atoms with Crippen LogP contribution >= 0.6 is 0 Å². The number of nitrogens with one attached hydrogen (secondary N) is 1. The summed E-state index contributed by atoms with van der Waals surface area (Å²) >= 11 is 0. The van der Waals surface area contributed by atoms with Crippen molar-refractivity contribution in [3.05, 3.63) is 89.6 Å². The predicted octanol–water partition coefficient (Wildman–Crippen LogP) is 5.97. The van der Waals surface area contributed by atoms with Gasteiger partial charge in [0.2, 0.25) is 11.8 Å². The molecule has 0 atom stereocenters. The van der Waals surface area contributed by atoms with Crippen molar-refractivity contribution in [3.63, 3.8) is 0 Å². The van der Waals surface area contributed by atoms with Crippen molar-refractivity contribution < 1.29 is 9.53 Å². The van der Waals surface area contributed by atoms with Crippen LogP contribution in [0.25, 0.3) is 11.3 Å². The number of nitrogens with zero attached hydrogens (tertiary/aromatic N) is 4. The van der Waals surface area contributed by atoms with Crippen LogP contribution in [-0.4, -0.2) is 25.8 Å². The second-order valence-corrected chi connectivity index (χ2v) is 8.24. The Labute approximate surface area is 199 Å². The summed E-state index contributed by atoms with van der Waals surface area (Å²) in [5, 5.41) is 2.97. The first-order valence-corrected chi connectivity index (χ1v) is 11.3. The van der Waals surface area contributed by atoms with Gasteiger partial charge in [-0.3, -0.25) is 4.79 Å². The van der Waals surface area contributed by atoms with Crippen molar-refractivity contribution in [1.29, 1.82) is 0 Å². The van der Waals surface area contributed by atoms with Gasteiger partial charge in [0.15, 0.2) is 0 Å². The van der Waals surface area contributed by atoms with Gasteiger partial charge < -0.3 is 10.1 Å². The van der Waals surface area contributed by atoms with E-state index in [1.807, 2.05) is 50.2 Å². The minimum Gasteiger partial charge on any atom is -0.420 e. The van der Waals surface area contributed by atoms with Crippen molar-refractivity contribution in [2.24, 2.45) is 0 Å². The van der Waals surface area contributed by atoms with Crippen LogP contribution in [0.5, 0.6) is 11.8 Å². The first-order chi connectivity index (χ1) is 16.4. The number of carbonyl (C=O) groups is 1. The molecule has 7 nitrogen and oxygen atoms in total. The van der Waals surface area contributed by atoms with Gasteiger partial charge in [-0.1, -0.05) is 32.9 Å². The van der Waals surface area contributed by atoms with Gasteiger partial charge in [-0.15, -0.1) is 0 Å². The fourth-order valence-electron chi connectivity index (χ4n) is 3.49. The minimum atomic E-state index is -0.235. The van der Waals surface area contributed by atoms with Crippen LogP contribution in [0.4, 0.5) is 5.69 Å². The molecule has 1 N–H and O–H groups in total. The topological polar surface area (TPSA) is 89.9 Å². The van der Waals surface area contributed by atoms with Crippen LogP contribution in [0.2, 0.25) is 0 Å². The number of pyridine rings is 2. The molecular formula is C27H27N5O2. The van der Waals surface area contributed by atoms with E-state index in [1.165, 1.54) is 0 Å². The Kier molecular flexibility index (Phi) is 6.92. The van der Waals surface area contributed by atoms with Crippen molar-refractivity contribution in [2.45, 2.75) is 40.0 Å². The van der Waals surface area contributed by atoms with Crippen LogP contribution in [0, 0.1) is 6.92 Å². The fraction of sp³-hybridized carbons (Fsp3) is 0.222. The molecule has 1 amide bonds. The third-order valence-electron chi connectivity index (χ3n) is 5.27. The van der Waals surface area contributed by atoms with E-state index in [1.54, 1.807) is 24.5 Å². The third kappa shape index (κ3) is 5.43. The molecule has 3 aromatic heterocycles. The largest absolute Gasteiger partial charge is 0.420 e. The maximum Gasteiger partial charge on any atom is 0.255 e. The maximum absolute atomic E-state index is 13.0. The zero-order valence-electron chi connectivity index (χ0n) is 19.7. The molecule has 0 saturated heterocycles. The summed E-state index contributed by atoms with van der Waals surface area (Å²) < 4.78 is 6.05. The highest BCUT2D eigenvalue weighted by molar-refractivity contribution is 6.04. The van der Waals surface area contributed by atoms with E-state index in [0.717, 1.165) is 29.1 Å². The first-order valence-electron chi connectivity index (χ1n) is 11.3. The molecule has 1 aromatic carbocycles. The number of amides is 1. The first kappa shape index (κ1) is 23.0. The number of hydrogen-bond acceptors (Lipinski definition) is 6. The van der Waals surface area contributed by atoms with Gasteiger partial charge in [0.25, 0.3) is 5.91 Å². The highest BCUT2D eigenvalue weighted by atomic mass is 16.5. The number of hydrogen-bond donors (Lipinski definition) is 1. The quantitative estimate of drug-likeness (QED) is 0.371. The number of ether oxygens (including phenoxy) is 1. The fourth-order valence-corrected chi connectivity index (χ4v) is 3.49. The molecule has 4 aromatic rings. The molecule has 172 valence electrons. The molecule has 34 heavy (non-hydrogen) atoms. The lowest BCUT2D eigenvalue weighted by atomic mass is 10.0. The van der Waals surface area contributed by atoms with Gasteiger partial charge in [0.05, 0.1) is 11.3 Å². The molecule has 0 saturated carbocycles. The van der Waals surface area contributed by atoms with Crippen LogP contribution in [0.3, 0.4) is 0 Å². The van der Waals surface area contributed by atoms with Gasteiger partial charge in [-0.2, -0.15) is 0 Å². The summed E-state index contributed by atoms with van der Waals surface area (Å²) in [6, 6.07) is 16.7. The van der Waals surface area contributed by atoms with Crippen LogP contribution in [0.1, 0.15) is 54.1 Å². The Hall–Kier alpha value is -4.13. The number of benzene rings is 1. The van der Waals surface area contributed by atoms with E-state index in [4.69, 9.17) is 4.74 Å².